The average molecular weight is 245 g/mol. The third-order valence-electron chi connectivity index (χ3n) is 1.86. The van der Waals surface area contributed by atoms with Gasteiger partial charge < -0.3 is 4.74 Å². The Balaban J connectivity index is 2.28. The number of aromatic nitrogens is 1. The second kappa shape index (κ2) is 6.12. The standard InChI is InChI=1S/C10H15NO2S2/c1-7(4-10(12)13-3)14-6-9-5-11-8(2)15-9/h5,7H,4,6H2,1-3H3. The Hall–Kier alpha value is -0.550. The first-order valence-corrected chi connectivity index (χ1v) is 6.58. The number of ether oxygens (including phenoxy) is 1. The third-order valence-corrected chi connectivity index (χ3v) is 4.17. The number of hydrogen-bond acceptors (Lipinski definition) is 5. The highest BCUT2D eigenvalue weighted by Gasteiger charge is 2.10. The molecular weight excluding hydrogens is 230 g/mol. The Labute approximate surface area is 98.2 Å². The molecule has 0 aliphatic heterocycles. The van der Waals surface area contributed by atoms with Crippen LogP contribution in [-0.4, -0.2) is 23.3 Å². The van der Waals surface area contributed by atoms with Crippen LogP contribution in [0.3, 0.4) is 0 Å². The van der Waals surface area contributed by atoms with E-state index in [1.165, 1.54) is 12.0 Å². The van der Waals surface area contributed by atoms with Crippen LogP contribution in [0.25, 0.3) is 0 Å². The molecule has 1 aromatic rings. The summed E-state index contributed by atoms with van der Waals surface area (Å²) in [6, 6.07) is 0. The highest BCUT2D eigenvalue weighted by molar-refractivity contribution is 7.99. The predicted molar refractivity (Wildman–Crippen MR) is 64.2 cm³/mol. The zero-order chi connectivity index (χ0) is 11.3. The number of rotatable bonds is 5. The molecule has 84 valence electrons. The monoisotopic (exact) mass is 245 g/mol. The molecule has 0 bridgehead atoms. The van der Waals surface area contributed by atoms with E-state index in [0.29, 0.717) is 11.7 Å². The van der Waals surface area contributed by atoms with Crippen molar-refractivity contribution in [1.82, 2.24) is 4.98 Å². The molecule has 0 amide bonds. The van der Waals surface area contributed by atoms with E-state index in [1.807, 2.05) is 20.0 Å². The molecule has 3 nitrogen and oxygen atoms in total. The largest absolute Gasteiger partial charge is 0.469 e. The molecule has 1 rings (SSSR count). The summed E-state index contributed by atoms with van der Waals surface area (Å²) in [7, 11) is 1.42. The maximum atomic E-state index is 11.0. The van der Waals surface area contributed by atoms with E-state index >= 15 is 0 Å². The normalized spacial score (nSPS) is 12.5. The molecule has 1 heterocycles. The number of hydrogen-bond donors (Lipinski definition) is 0. The molecule has 0 N–H and O–H groups in total. The average Bonchev–Trinajstić information content (AvgIpc) is 2.61. The highest BCUT2D eigenvalue weighted by atomic mass is 32.2. The topological polar surface area (TPSA) is 39.2 Å². The number of carbonyl (C=O) groups excluding carboxylic acids is 1. The van der Waals surface area contributed by atoms with Crippen LogP contribution in [0.15, 0.2) is 6.20 Å². The van der Waals surface area contributed by atoms with Crippen molar-refractivity contribution in [2.75, 3.05) is 7.11 Å². The molecule has 0 aliphatic rings. The van der Waals surface area contributed by atoms with Crippen LogP contribution >= 0.6 is 23.1 Å². The molecule has 1 atom stereocenters. The summed E-state index contributed by atoms with van der Waals surface area (Å²) in [4.78, 5) is 16.4. The summed E-state index contributed by atoms with van der Waals surface area (Å²) >= 11 is 3.46. The fourth-order valence-electron chi connectivity index (χ4n) is 1.07. The van der Waals surface area contributed by atoms with Gasteiger partial charge in [0.05, 0.1) is 18.5 Å². The van der Waals surface area contributed by atoms with Crippen LogP contribution in [0.4, 0.5) is 0 Å². The second-order valence-corrected chi connectivity index (χ2v) is 5.99. The lowest BCUT2D eigenvalue weighted by Crippen LogP contribution is -2.08. The molecule has 0 saturated heterocycles. The minimum atomic E-state index is -0.143. The molecule has 15 heavy (non-hydrogen) atoms. The quantitative estimate of drug-likeness (QED) is 0.748. The van der Waals surface area contributed by atoms with Gasteiger partial charge in [-0.2, -0.15) is 11.8 Å². The van der Waals surface area contributed by atoms with Gasteiger partial charge in [-0.05, 0) is 6.92 Å². The van der Waals surface area contributed by atoms with Gasteiger partial charge in [0.2, 0.25) is 0 Å². The first-order chi connectivity index (χ1) is 7.11. The molecule has 0 aliphatic carbocycles. The summed E-state index contributed by atoms with van der Waals surface area (Å²) in [6.07, 6.45) is 2.37. The molecule has 1 unspecified atom stereocenters. The molecule has 0 aromatic carbocycles. The number of esters is 1. The van der Waals surface area contributed by atoms with Gasteiger partial charge in [0.25, 0.3) is 0 Å². The van der Waals surface area contributed by atoms with Gasteiger partial charge in [-0.3, -0.25) is 4.79 Å². The maximum Gasteiger partial charge on any atom is 0.306 e. The Kier molecular flexibility index (Phi) is 5.11. The van der Waals surface area contributed by atoms with Crippen LogP contribution < -0.4 is 0 Å². The molecule has 1 aromatic heterocycles. The number of aryl methyl sites for hydroxylation is 1. The molecule has 5 heteroatoms. The van der Waals surface area contributed by atoms with Crippen molar-refractivity contribution in [2.24, 2.45) is 0 Å². The van der Waals surface area contributed by atoms with Gasteiger partial charge in [0, 0.05) is 22.1 Å². The van der Waals surface area contributed by atoms with E-state index < -0.39 is 0 Å². The smallest absolute Gasteiger partial charge is 0.306 e. The Bertz CT molecular complexity index is 325. The number of methoxy groups -OCH3 is 1. The van der Waals surface area contributed by atoms with Crippen LogP contribution in [0.5, 0.6) is 0 Å². The van der Waals surface area contributed by atoms with E-state index in [2.05, 4.69) is 9.72 Å². The summed E-state index contributed by atoms with van der Waals surface area (Å²) < 4.78 is 4.62. The zero-order valence-corrected chi connectivity index (χ0v) is 10.8. The third kappa shape index (κ3) is 4.66. The molecule has 0 spiro atoms. The van der Waals surface area contributed by atoms with E-state index in [1.54, 1.807) is 23.1 Å². The van der Waals surface area contributed by atoms with Crippen LogP contribution in [-0.2, 0) is 15.3 Å². The Morgan fingerprint density at radius 3 is 3.00 bits per heavy atom. The molecule has 0 radical (unpaired) electrons. The first-order valence-electron chi connectivity index (χ1n) is 4.71. The van der Waals surface area contributed by atoms with E-state index in [9.17, 15) is 4.79 Å². The predicted octanol–water partition coefficient (Wildman–Crippen LogP) is 2.64. The Morgan fingerprint density at radius 1 is 1.73 bits per heavy atom. The molecule has 0 saturated carbocycles. The van der Waals surface area contributed by atoms with Gasteiger partial charge in [-0.1, -0.05) is 6.92 Å². The van der Waals surface area contributed by atoms with Crippen molar-refractivity contribution in [3.05, 3.63) is 16.1 Å². The number of thiazole rings is 1. The van der Waals surface area contributed by atoms with Crippen molar-refractivity contribution >= 4 is 29.1 Å². The van der Waals surface area contributed by atoms with Gasteiger partial charge in [0.15, 0.2) is 0 Å². The summed E-state index contributed by atoms with van der Waals surface area (Å²) in [6.45, 7) is 4.03. The number of thioether (sulfide) groups is 1. The molecular formula is C10H15NO2S2. The summed E-state index contributed by atoms with van der Waals surface area (Å²) in [5.74, 6) is 0.777. The van der Waals surface area contributed by atoms with Crippen molar-refractivity contribution in [3.63, 3.8) is 0 Å². The lowest BCUT2D eigenvalue weighted by Gasteiger charge is -2.07. The van der Waals surface area contributed by atoms with Crippen molar-refractivity contribution in [3.8, 4) is 0 Å². The molecule has 0 fully saturated rings. The van der Waals surface area contributed by atoms with E-state index in [0.717, 1.165) is 10.8 Å². The van der Waals surface area contributed by atoms with Gasteiger partial charge in [0.1, 0.15) is 0 Å². The van der Waals surface area contributed by atoms with Crippen LogP contribution in [0, 0.1) is 6.92 Å². The minimum Gasteiger partial charge on any atom is -0.469 e. The summed E-state index contributed by atoms with van der Waals surface area (Å²) in [5.41, 5.74) is 0. The Morgan fingerprint density at radius 2 is 2.47 bits per heavy atom. The van der Waals surface area contributed by atoms with Gasteiger partial charge >= 0.3 is 5.97 Å². The minimum absolute atomic E-state index is 0.143. The van der Waals surface area contributed by atoms with Crippen molar-refractivity contribution in [1.29, 1.82) is 0 Å². The van der Waals surface area contributed by atoms with E-state index in [4.69, 9.17) is 0 Å². The highest BCUT2D eigenvalue weighted by Crippen LogP contribution is 2.23. The van der Waals surface area contributed by atoms with Crippen LogP contribution in [0.1, 0.15) is 23.2 Å². The van der Waals surface area contributed by atoms with Gasteiger partial charge in [-0.15, -0.1) is 11.3 Å². The summed E-state index contributed by atoms with van der Waals surface area (Å²) in [5, 5.41) is 1.38. The van der Waals surface area contributed by atoms with Crippen molar-refractivity contribution < 1.29 is 9.53 Å². The second-order valence-electron chi connectivity index (χ2n) is 3.25. The van der Waals surface area contributed by atoms with Crippen molar-refractivity contribution in [2.45, 2.75) is 31.3 Å². The fraction of sp³-hybridized carbons (Fsp3) is 0.600. The number of nitrogens with zero attached hydrogens (tertiary/aromatic N) is 1. The first kappa shape index (κ1) is 12.5. The number of carbonyl (C=O) groups is 1. The lowest BCUT2D eigenvalue weighted by molar-refractivity contribution is -0.140. The van der Waals surface area contributed by atoms with Crippen LogP contribution in [0.2, 0.25) is 0 Å². The zero-order valence-electron chi connectivity index (χ0n) is 9.15. The SMILES string of the molecule is COC(=O)CC(C)SCc1cnc(C)s1. The fourth-order valence-corrected chi connectivity index (χ4v) is 2.88. The van der Waals surface area contributed by atoms with E-state index in [-0.39, 0.29) is 5.97 Å². The lowest BCUT2D eigenvalue weighted by atomic mass is 10.3. The van der Waals surface area contributed by atoms with Gasteiger partial charge in [-0.25, -0.2) is 4.98 Å². The maximum absolute atomic E-state index is 11.0.